The van der Waals surface area contributed by atoms with Crippen LogP contribution in [0.15, 0.2) is 36.4 Å². The van der Waals surface area contributed by atoms with Gasteiger partial charge < -0.3 is 9.84 Å². The van der Waals surface area contributed by atoms with Gasteiger partial charge in [-0.05, 0) is 37.1 Å². The normalized spacial score (nSPS) is 16.6. The quantitative estimate of drug-likeness (QED) is 0.835. The molecule has 0 aliphatic heterocycles. The Morgan fingerprint density at radius 3 is 2.43 bits per heavy atom. The summed E-state index contributed by atoms with van der Waals surface area (Å²) in [4.78, 5) is 11.5. The van der Waals surface area contributed by atoms with Gasteiger partial charge in [0.25, 0.3) is 0 Å². The van der Waals surface area contributed by atoms with Crippen molar-refractivity contribution in [3.63, 3.8) is 0 Å². The van der Waals surface area contributed by atoms with Gasteiger partial charge in [0, 0.05) is 5.39 Å². The van der Waals surface area contributed by atoms with Gasteiger partial charge in [0.05, 0.1) is 6.10 Å². The van der Waals surface area contributed by atoms with Crippen LogP contribution in [0.3, 0.4) is 0 Å². The molecule has 0 atom stereocenters. The van der Waals surface area contributed by atoms with Crippen LogP contribution in [0, 0.1) is 0 Å². The van der Waals surface area contributed by atoms with Crippen molar-refractivity contribution in [2.24, 2.45) is 0 Å². The molecular formula is C18H20O3. The highest BCUT2D eigenvalue weighted by Crippen LogP contribution is 2.33. The zero-order valence-corrected chi connectivity index (χ0v) is 12.0. The average molecular weight is 284 g/mol. The molecule has 0 amide bonds. The van der Waals surface area contributed by atoms with Gasteiger partial charge in [-0.15, -0.1) is 0 Å². The van der Waals surface area contributed by atoms with Crippen LogP contribution in [0.1, 0.15) is 48.9 Å². The maximum absolute atomic E-state index is 11.5. The molecule has 21 heavy (non-hydrogen) atoms. The van der Waals surface area contributed by atoms with Gasteiger partial charge in [0.15, 0.2) is 0 Å². The molecule has 0 spiro atoms. The Labute approximate surface area is 124 Å². The molecule has 3 nitrogen and oxygen atoms in total. The van der Waals surface area contributed by atoms with Crippen LogP contribution >= 0.6 is 0 Å². The third-order valence-corrected chi connectivity index (χ3v) is 4.20. The predicted octanol–water partition coefficient (Wildman–Crippen LogP) is 4.64. The minimum Gasteiger partial charge on any atom is -0.489 e. The maximum atomic E-state index is 11.5. The molecule has 3 heteroatoms. The van der Waals surface area contributed by atoms with E-state index in [2.05, 4.69) is 0 Å². The van der Waals surface area contributed by atoms with Crippen molar-refractivity contribution >= 4 is 16.7 Å². The summed E-state index contributed by atoms with van der Waals surface area (Å²) in [5.41, 5.74) is 0.262. The molecule has 110 valence electrons. The maximum Gasteiger partial charge on any atom is 0.339 e. The SMILES string of the molecule is O=C(O)c1ccc2ccccc2c1OC1CCCCCC1. The van der Waals surface area contributed by atoms with Gasteiger partial charge in [-0.2, -0.15) is 0 Å². The largest absolute Gasteiger partial charge is 0.489 e. The van der Waals surface area contributed by atoms with Gasteiger partial charge in [-0.3, -0.25) is 0 Å². The lowest BCUT2D eigenvalue weighted by Crippen LogP contribution is -2.17. The van der Waals surface area contributed by atoms with E-state index in [0.29, 0.717) is 5.75 Å². The Bertz CT molecular complexity index is 640. The number of rotatable bonds is 3. The van der Waals surface area contributed by atoms with Crippen LogP contribution in [0.25, 0.3) is 10.8 Å². The number of aromatic carboxylic acids is 1. The summed E-state index contributed by atoms with van der Waals surface area (Å²) in [5.74, 6) is -0.392. The molecule has 2 aromatic carbocycles. The first kappa shape index (κ1) is 13.9. The van der Waals surface area contributed by atoms with E-state index in [1.807, 2.05) is 30.3 Å². The monoisotopic (exact) mass is 284 g/mol. The van der Waals surface area contributed by atoms with E-state index in [0.717, 1.165) is 36.5 Å². The van der Waals surface area contributed by atoms with E-state index in [1.54, 1.807) is 6.07 Å². The zero-order valence-electron chi connectivity index (χ0n) is 12.0. The van der Waals surface area contributed by atoms with Crippen LogP contribution in [0.5, 0.6) is 5.75 Å². The molecule has 0 unspecified atom stereocenters. The molecule has 0 aromatic heterocycles. The number of carboxylic acid groups (broad SMARTS) is 1. The van der Waals surface area contributed by atoms with Crippen molar-refractivity contribution in [1.82, 2.24) is 0 Å². The average Bonchev–Trinajstić information content (AvgIpc) is 2.76. The highest BCUT2D eigenvalue weighted by atomic mass is 16.5. The van der Waals surface area contributed by atoms with Crippen LogP contribution < -0.4 is 4.74 Å². The summed E-state index contributed by atoms with van der Waals surface area (Å²) in [6, 6.07) is 11.3. The molecule has 3 rings (SSSR count). The summed E-state index contributed by atoms with van der Waals surface area (Å²) in [7, 11) is 0. The molecule has 2 aromatic rings. The topological polar surface area (TPSA) is 46.5 Å². The lowest BCUT2D eigenvalue weighted by Gasteiger charge is -2.20. The molecule has 0 heterocycles. The van der Waals surface area contributed by atoms with Crippen LogP contribution in [0.4, 0.5) is 0 Å². The summed E-state index contributed by atoms with van der Waals surface area (Å²) < 4.78 is 6.16. The lowest BCUT2D eigenvalue weighted by atomic mass is 10.0. The number of fused-ring (bicyclic) bond motifs is 1. The second kappa shape index (κ2) is 6.17. The summed E-state index contributed by atoms with van der Waals surface area (Å²) in [6.45, 7) is 0. The molecule has 1 aliphatic carbocycles. The smallest absolute Gasteiger partial charge is 0.339 e. The fourth-order valence-corrected chi connectivity index (χ4v) is 3.06. The minimum atomic E-state index is -0.927. The van der Waals surface area contributed by atoms with Crippen LogP contribution in [-0.4, -0.2) is 17.2 Å². The lowest BCUT2D eigenvalue weighted by molar-refractivity contribution is 0.0688. The number of ether oxygens (including phenoxy) is 1. The Balaban J connectivity index is 2.01. The molecule has 1 saturated carbocycles. The molecular weight excluding hydrogens is 264 g/mol. The van der Waals surface area contributed by atoms with Crippen molar-refractivity contribution in [3.05, 3.63) is 42.0 Å². The van der Waals surface area contributed by atoms with E-state index >= 15 is 0 Å². The summed E-state index contributed by atoms with van der Waals surface area (Å²) in [6.07, 6.45) is 7.00. The standard InChI is InChI=1S/C18H20O3/c19-18(20)16-12-11-13-7-5-6-10-15(13)17(16)21-14-8-3-1-2-4-9-14/h5-7,10-12,14H,1-4,8-9H2,(H,19,20). The van der Waals surface area contributed by atoms with E-state index in [4.69, 9.17) is 4.74 Å². The van der Waals surface area contributed by atoms with Crippen LogP contribution in [-0.2, 0) is 0 Å². The van der Waals surface area contributed by atoms with Crippen molar-refractivity contribution in [3.8, 4) is 5.75 Å². The first-order valence-electron chi connectivity index (χ1n) is 7.67. The molecule has 1 aliphatic rings. The Kier molecular flexibility index (Phi) is 4.09. The number of benzene rings is 2. The van der Waals surface area contributed by atoms with E-state index in [-0.39, 0.29) is 11.7 Å². The molecule has 0 bridgehead atoms. The van der Waals surface area contributed by atoms with Gasteiger partial charge >= 0.3 is 5.97 Å². The molecule has 0 saturated heterocycles. The molecule has 0 radical (unpaired) electrons. The van der Waals surface area contributed by atoms with Crippen molar-refractivity contribution < 1.29 is 14.6 Å². The third-order valence-electron chi connectivity index (χ3n) is 4.20. The highest BCUT2D eigenvalue weighted by Gasteiger charge is 2.20. The fraction of sp³-hybridized carbons (Fsp3) is 0.389. The van der Waals surface area contributed by atoms with E-state index in [1.165, 1.54) is 12.8 Å². The second-order valence-electron chi connectivity index (χ2n) is 5.70. The minimum absolute atomic E-state index is 0.136. The first-order chi connectivity index (χ1) is 10.3. The zero-order chi connectivity index (χ0) is 14.7. The predicted molar refractivity (Wildman–Crippen MR) is 83.0 cm³/mol. The Hall–Kier alpha value is -2.03. The Morgan fingerprint density at radius 1 is 1.00 bits per heavy atom. The molecule has 1 N–H and O–H groups in total. The molecule has 1 fully saturated rings. The van der Waals surface area contributed by atoms with Gasteiger partial charge in [-0.25, -0.2) is 4.79 Å². The summed E-state index contributed by atoms with van der Waals surface area (Å²) >= 11 is 0. The van der Waals surface area contributed by atoms with E-state index < -0.39 is 5.97 Å². The fourth-order valence-electron chi connectivity index (χ4n) is 3.06. The summed E-state index contributed by atoms with van der Waals surface area (Å²) in [5, 5.41) is 11.3. The van der Waals surface area contributed by atoms with Crippen molar-refractivity contribution in [2.45, 2.75) is 44.6 Å². The van der Waals surface area contributed by atoms with Crippen molar-refractivity contribution in [1.29, 1.82) is 0 Å². The second-order valence-corrected chi connectivity index (χ2v) is 5.70. The van der Waals surface area contributed by atoms with Gasteiger partial charge in [0.1, 0.15) is 11.3 Å². The van der Waals surface area contributed by atoms with Crippen molar-refractivity contribution in [2.75, 3.05) is 0 Å². The van der Waals surface area contributed by atoms with E-state index in [9.17, 15) is 9.90 Å². The highest BCUT2D eigenvalue weighted by molar-refractivity contribution is 6.00. The number of carbonyl (C=O) groups is 1. The Morgan fingerprint density at radius 2 is 1.71 bits per heavy atom. The number of hydrogen-bond acceptors (Lipinski definition) is 2. The number of hydrogen-bond donors (Lipinski definition) is 1. The van der Waals surface area contributed by atoms with Crippen LogP contribution in [0.2, 0.25) is 0 Å². The first-order valence-corrected chi connectivity index (χ1v) is 7.67. The third kappa shape index (κ3) is 3.02. The van der Waals surface area contributed by atoms with Gasteiger partial charge in [0.2, 0.25) is 0 Å². The van der Waals surface area contributed by atoms with Gasteiger partial charge in [-0.1, -0.05) is 43.2 Å². The number of carboxylic acids is 1.